The standard InChI is InChI=1S/C16H15N3O3/c1-11-8-9-14(22-11)15-13(16(20)18-21-2)10-19(17-15)12-6-4-3-5-7-12/h3-10H,1-2H3,(H,18,20). The van der Waals surface area contributed by atoms with E-state index in [1.807, 2.05) is 43.3 Å². The zero-order chi connectivity index (χ0) is 15.5. The summed E-state index contributed by atoms with van der Waals surface area (Å²) in [6.45, 7) is 1.84. The van der Waals surface area contributed by atoms with Crippen LogP contribution in [0.4, 0.5) is 0 Å². The molecule has 0 spiro atoms. The number of furan rings is 1. The molecule has 1 N–H and O–H groups in total. The molecule has 0 aliphatic heterocycles. The molecule has 0 saturated carbocycles. The van der Waals surface area contributed by atoms with Gasteiger partial charge in [0.1, 0.15) is 11.5 Å². The van der Waals surface area contributed by atoms with Gasteiger partial charge in [0, 0.05) is 6.20 Å². The number of benzene rings is 1. The fraction of sp³-hybridized carbons (Fsp3) is 0.125. The van der Waals surface area contributed by atoms with Gasteiger partial charge in [0.2, 0.25) is 0 Å². The number of carbonyl (C=O) groups excluding carboxylic acids is 1. The number of hydrogen-bond acceptors (Lipinski definition) is 4. The van der Waals surface area contributed by atoms with E-state index in [0.29, 0.717) is 17.0 Å². The van der Waals surface area contributed by atoms with Crippen molar-refractivity contribution in [1.82, 2.24) is 15.3 Å². The van der Waals surface area contributed by atoms with Gasteiger partial charge in [0.05, 0.1) is 18.4 Å². The molecule has 2 aromatic heterocycles. The summed E-state index contributed by atoms with van der Waals surface area (Å²) in [5, 5.41) is 4.47. The molecule has 0 aliphatic rings. The van der Waals surface area contributed by atoms with Gasteiger partial charge in [-0.05, 0) is 31.2 Å². The molecule has 0 fully saturated rings. The van der Waals surface area contributed by atoms with Crippen LogP contribution >= 0.6 is 0 Å². The molecule has 0 saturated heterocycles. The molecule has 0 radical (unpaired) electrons. The zero-order valence-corrected chi connectivity index (χ0v) is 12.2. The summed E-state index contributed by atoms with van der Waals surface area (Å²) in [6, 6.07) is 13.2. The molecule has 0 aliphatic carbocycles. The number of para-hydroxylation sites is 1. The maximum absolute atomic E-state index is 12.2. The molecule has 0 unspecified atom stereocenters. The summed E-state index contributed by atoms with van der Waals surface area (Å²) in [5.41, 5.74) is 4.00. The minimum absolute atomic E-state index is 0.375. The van der Waals surface area contributed by atoms with Gasteiger partial charge >= 0.3 is 0 Å². The Kier molecular flexibility index (Phi) is 3.76. The van der Waals surface area contributed by atoms with Crippen molar-refractivity contribution in [3.8, 4) is 17.1 Å². The van der Waals surface area contributed by atoms with E-state index in [1.54, 1.807) is 16.9 Å². The Bertz CT molecular complexity index is 790. The third-order valence-electron chi connectivity index (χ3n) is 3.15. The highest BCUT2D eigenvalue weighted by Gasteiger charge is 2.20. The van der Waals surface area contributed by atoms with Crippen LogP contribution in [-0.2, 0) is 4.84 Å². The second kappa shape index (κ2) is 5.87. The molecule has 112 valence electrons. The number of carbonyl (C=O) groups is 1. The van der Waals surface area contributed by atoms with Gasteiger partial charge in [-0.25, -0.2) is 10.2 Å². The van der Waals surface area contributed by atoms with Gasteiger partial charge in [0.25, 0.3) is 5.91 Å². The third-order valence-corrected chi connectivity index (χ3v) is 3.15. The maximum atomic E-state index is 12.2. The minimum Gasteiger partial charge on any atom is -0.460 e. The number of hydroxylamine groups is 1. The van der Waals surface area contributed by atoms with E-state index in [9.17, 15) is 4.79 Å². The second-order valence-corrected chi connectivity index (χ2v) is 4.72. The molecule has 6 nitrogen and oxygen atoms in total. The Labute approximate surface area is 127 Å². The molecule has 3 aromatic rings. The first-order chi connectivity index (χ1) is 10.7. The van der Waals surface area contributed by atoms with Crippen LogP contribution in [0.1, 0.15) is 16.1 Å². The first-order valence-electron chi connectivity index (χ1n) is 6.74. The van der Waals surface area contributed by atoms with Crippen LogP contribution < -0.4 is 5.48 Å². The summed E-state index contributed by atoms with van der Waals surface area (Å²) < 4.78 is 7.23. The number of rotatable bonds is 4. The average Bonchev–Trinajstić information content (AvgIpc) is 3.14. The van der Waals surface area contributed by atoms with E-state index in [0.717, 1.165) is 11.4 Å². The highest BCUT2D eigenvalue weighted by molar-refractivity contribution is 5.98. The lowest BCUT2D eigenvalue weighted by Gasteiger charge is -2.00. The quantitative estimate of drug-likeness (QED) is 0.752. The number of nitrogens with zero attached hydrogens (tertiary/aromatic N) is 2. The summed E-state index contributed by atoms with van der Waals surface area (Å²) in [7, 11) is 1.39. The van der Waals surface area contributed by atoms with Crippen molar-refractivity contribution in [2.75, 3.05) is 7.11 Å². The molecule has 0 bridgehead atoms. The third kappa shape index (κ3) is 2.64. The molecule has 22 heavy (non-hydrogen) atoms. The summed E-state index contributed by atoms with van der Waals surface area (Å²) in [6.07, 6.45) is 1.65. The van der Waals surface area contributed by atoms with Crippen molar-refractivity contribution in [3.05, 3.63) is 60.0 Å². The van der Waals surface area contributed by atoms with Gasteiger partial charge < -0.3 is 4.42 Å². The molecule has 1 aromatic carbocycles. The topological polar surface area (TPSA) is 69.3 Å². The van der Waals surface area contributed by atoms with E-state index in [1.165, 1.54) is 7.11 Å². The van der Waals surface area contributed by atoms with E-state index >= 15 is 0 Å². The van der Waals surface area contributed by atoms with Crippen molar-refractivity contribution in [1.29, 1.82) is 0 Å². The Balaban J connectivity index is 2.10. The Morgan fingerprint density at radius 3 is 2.64 bits per heavy atom. The zero-order valence-electron chi connectivity index (χ0n) is 12.2. The van der Waals surface area contributed by atoms with E-state index in [4.69, 9.17) is 9.25 Å². The number of amides is 1. The van der Waals surface area contributed by atoms with E-state index in [-0.39, 0.29) is 5.91 Å². The van der Waals surface area contributed by atoms with Crippen LogP contribution in [0.25, 0.3) is 17.1 Å². The summed E-state index contributed by atoms with van der Waals surface area (Å²) >= 11 is 0. The molecular weight excluding hydrogens is 282 g/mol. The predicted octanol–water partition coefficient (Wildman–Crippen LogP) is 2.73. The van der Waals surface area contributed by atoms with Gasteiger partial charge in [-0.1, -0.05) is 18.2 Å². The fourth-order valence-corrected chi connectivity index (χ4v) is 2.14. The lowest BCUT2D eigenvalue weighted by Crippen LogP contribution is -2.21. The van der Waals surface area contributed by atoms with Crippen LogP contribution in [-0.4, -0.2) is 22.8 Å². The Hall–Kier alpha value is -2.86. The van der Waals surface area contributed by atoms with E-state index < -0.39 is 0 Å². The highest BCUT2D eigenvalue weighted by atomic mass is 16.6. The maximum Gasteiger partial charge on any atom is 0.278 e. The van der Waals surface area contributed by atoms with Crippen LogP contribution in [0.2, 0.25) is 0 Å². The van der Waals surface area contributed by atoms with Gasteiger partial charge in [-0.3, -0.25) is 9.63 Å². The molecule has 2 heterocycles. The largest absolute Gasteiger partial charge is 0.460 e. The lowest BCUT2D eigenvalue weighted by atomic mass is 10.2. The molecule has 6 heteroatoms. The highest BCUT2D eigenvalue weighted by Crippen LogP contribution is 2.25. The molecule has 1 amide bonds. The van der Waals surface area contributed by atoms with E-state index in [2.05, 4.69) is 10.6 Å². The Morgan fingerprint density at radius 2 is 2.00 bits per heavy atom. The van der Waals surface area contributed by atoms with Crippen LogP contribution in [0.3, 0.4) is 0 Å². The monoisotopic (exact) mass is 297 g/mol. The lowest BCUT2D eigenvalue weighted by molar-refractivity contribution is 0.0538. The molecule has 3 rings (SSSR count). The van der Waals surface area contributed by atoms with Crippen molar-refractivity contribution >= 4 is 5.91 Å². The first kappa shape index (κ1) is 14.1. The van der Waals surface area contributed by atoms with Gasteiger partial charge in [0.15, 0.2) is 5.76 Å². The van der Waals surface area contributed by atoms with Crippen molar-refractivity contribution in [2.24, 2.45) is 0 Å². The fourth-order valence-electron chi connectivity index (χ4n) is 2.14. The first-order valence-corrected chi connectivity index (χ1v) is 6.74. The SMILES string of the molecule is CONC(=O)c1cn(-c2ccccc2)nc1-c1ccc(C)o1. The Morgan fingerprint density at radius 1 is 1.23 bits per heavy atom. The van der Waals surface area contributed by atoms with Crippen molar-refractivity contribution in [2.45, 2.75) is 6.92 Å². The normalized spacial score (nSPS) is 10.6. The van der Waals surface area contributed by atoms with Crippen LogP contribution in [0.5, 0.6) is 0 Å². The van der Waals surface area contributed by atoms with Gasteiger partial charge in [-0.15, -0.1) is 0 Å². The van der Waals surface area contributed by atoms with Crippen molar-refractivity contribution < 1.29 is 14.0 Å². The summed E-state index contributed by atoms with van der Waals surface area (Å²) in [4.78, 5) is 16.9. The van der Waals surface area contributed by atoms with Crippen LogP contribution in [0.15, 0.2) is 53.1 Å². The van der Waals surface area contributed by atoms with Crippen molar-refractivity contribution in [3.63, 3.8) is 0 Å². The number of hydrogen-bond donors (Lipinski definition) is 1. The number of nitrogens with one attached hydrogen (secondary N) is 1. The van der Waals surface area contributed by atoms with Gasteiger partial charge in [-0.2, -0.15) is 5.10 Å². The molecule has 0 atom stereocenters. The minimum atomic E-state index is -0.381. The number of aromatic nitrogens is 2. The second-order valence-electron chi connectivity index (χ2n) is 4.72. The predicted molar refractivity (Wildman–Crippen MR) is 80.5 cm³/mol. The molecular formula is C16H15N3O3. The summed E-state index contributed by atoms with van der Waals surface area (Å²) in [5.74, 6) is 0.907. The smallest absolute Gasteiger partial charge is 0.278 e. The number of aryl methyl sites for hydroxylation is 1. The van der Waals surface area contributed by atoms with Crippen LogP contribution in [0, 0.1) is 6.92 Å². The average molecular weight is 297 g/mol.